The summed E-state index contributed by atoms with van der Waals surface area (Å²) in [5.41, 5.74) is -0.528. The average Bonchev–Trinajstić information content (AvgIpc) is 1.99. The second-order valence-corrected chi connectivity index (χ2v) is 4.74. The highest BCUT2D eigenvalue weighted by Crippen LogP contribution is 2.11. The van der Waals surface area contributed by atoms with Gasteiger partial charge in [0.25, 0.3) is 0 Å². The molecular formula is C11H22O4. The molecule has 90 valence electrons. The molecule has 0 aliphatic heterocycles. The Kier molecular flexibility index (Phi) is 5.83. The van der Waals surface area contributed by atoms with Crippen LogP contribution in [0.1, 0.15) is 47.0 Å². The van der Waals surface area contributed by atoms with Crippen molar-refractivity contribution in [3.63, 3.8) is 0 Å². The van der Waals surface area contributed by atoms with Gasteiger partial charge in [-0.05, 0) is 33.6 Å². The normalized spacial score (nSPS) is 15.9. The summed E-state index contributed by atoms with van der Waals surface area (Å²) in [6.45, 7) is 7.15. The van der Waals surface area contributed by atoms with E-state index >= 15 is 0 Å². The first-order valence-corrected chi connectivity index (χ1v) is 5.32. The van der Waals surface area contributed by atoms with E-state index in [4.69, 9.17) is 4.74 Å². The number of hydrogen-bond donors (Lipinski definition) is 2. The lowest BCUT2D eigenvalue weighted by Gasteiger charge is -2.21. The van der Waals surface area contributed by atoms with Crippen molar-refractivity contribution >= 4 is 5.97 Å². The molecule has 0 aliphatic carbocycles. The first kappa shape index (κ1) is 14.4. The fraction of sp³-hybridized carbons (Fsp3) is 0.909. The van der Waals surface area contributed by atoms with Gasteiger partial charge in [0.1, 0.15) is 5.60 Å². The van der Waals surface area contributed by atoms with Crippen LogP contribution in [0.3, 0.4) is 0 Å². The van der Waals surface area contributed by atoms with Gasteiger partial charge in [0.15, 0.2) is 0 Å². The van der Waals surface area contributed by atoms with Crippen molar-refractivity contribution in [3.05, 3.63) is 0 Å². The molecule has 0 bridgehead atoms. The second-order valence-electron chi connectivity index (χ2n) is 4.74. The molecule has 4 nitrogen and oxygen atoms in total. The van der Waals surface area contributed by atoms with Gasteiger partial charge in [-0.3, -0.25) is 4.79 Å². The SMILES string of the molecule is CC[C@@H](O)CC(O)CC(=O)OC(C)(C)C. The van der Waals surface area contributed by atoms with Gasteiger partial charge in [-0.15, -0.1) is 0 Å². The fourth-order valence-electron chi connectivity index (χ4n) is 1.14. The van der Waals surface area contributed by atoms with Crippen molar-refractivity contribution in [1.29, 1.82) is 0 Å². The van der Waals surface area contributed by atoms with Gasteiger partial charge < -0.3 is 14.9 Å². The molecule has 0 saturated heterocycles. The maximum atomic E-state index is 11.3. The highest BCUT2D eigenvalue weighted by atomic mass is 16.6. The minimum absolute atomic E-state index is 0.0612. The number of carbonyl (C=O) groups is 1. The molecule has 0 radical (unpaired) electrons. The summed E-state index contributed by atoms with van der Waals surface area (Å²) in [7, 11) is 0. The average molecular weight is 218 g/mol. The Morgan fingerprint density at radius 1 is 1.27 bits per heavy atom. The molecule has 0 aromatic rings. The molecule has 0 fully saturated rings. The van der Waals surface area contributed by atoms with E-state index in [0.717, 1.165) is 0 Å². The van der Waals surface area contributed by atoms with Crippen LogP contribution in [0.15, 0.2) is 0 Å². The van der Waals surface area contributed by atoms with Gasteiger partial charge in [-0.1, -0.05) is 6.92 Å². The molecule has 2 atom stereocenters. The highest BCUT2D eigenvalue weighted by molar-refractivity contribution is 5.70. The largest absolute Gasteiger partial charge is 0.460 e. The van der Waals surface area contributed by atoms with Gasteiger partial charge in [0.2, 0.25) is 0 Å². The van der Waals surface area contributed by atoms with Crippen LogP contribution in [0.25, 0.3) is 0 Å². The smallest absolute Gasteiger partial charge is 0.308 e. The van der Waals surface area contributed by atoms with Crippen molar-refractivity contribution in [2.75, 3.05) is 0 Å². The molecule has 0 heterocycles. The van der Waals surface area contributed by atoms with Crippen LogP contribution in [0.2, 0.25) is 0 Å². The summed E-state index contributed by atoms with van der Waals surface area (Å²) in [4.78, 5) is 11.3. The van der Waals surface area contributed by atoms with Gasteiger partial charge >= 0.3 is 5.97 Å². The van der Waals surface area contributed by atoms with Gasteiger partial charge in [0.05, 0.1) is 18.6 Å². The van der Waals surface area contributed by atoms with E-state index in [9.17, 15) is 15.0 Å². The Morgan fingerprint density at radius 2 is 1.80 bits per heavy atom. The zero-order valence-corrected chi connectivity index (χ0v) is 9.99. The third kappa shape index (κ3) is 8.39. The Hall–Kier alpha value is -0.610. The van der Waals surface area contributed by atoms with Crippen molar-refractivity contribution in [3.8, 4) is 0 Å². The standard InChI is InChI=1S/C11H22O4/c1-5-8(12)6-9(13)7-10(14)15-11(2,3)4/h8-9,12-13H,5-7H2,1-4H3/t8-,9?/m1/s1. The van der Waals surface area contributed by atoms with Crippen LogP contribution in [0, 0.1) is 0 Å². The quantitative estimate of drug-likeness (QED) is 0.681. The maximum absolute atomic E-state index is 11.3. The van der Waals surface area contributed by atoms with E-state index in [2.05, 4.69) is 0 Å². The Morgan fingerprint density at radius 3 is 2.20 bits per heavy atom. The zero-order chi connectivity index (χ0) is 12.1. The summed E-state index contributed by atoms with van der Waals surface area (Å²) >= 11 is 0. The zero-order valence-electron chi connectivity index (χ0n) is 9.99. The lowest BCUT2D eigenvalue weighted by molar-refractivity contribution is -0.157. The van der Waals surface area contributed by atoms with Gasteiger partial charge in [-0.25, -0.2) is 0 Å². The number of hydrogen-bond acceptors (Lipinski definition) is 4. The molecular weight excluding hydrogens is 196 g/mol. The number of esters is 1. The van der Waals surface area contributed by atoms with E-state index in [1.165, 1.54) is 0 Å². The number of ether oxygens (including phenoxy) is 1. The second kappa shape index (κ2) is 6.08. The van der Waals surface area contributed by atoms with Crippen molar-refractivity contribution in [1.82, 2.24) is 0 Å². The minimum Gasteiger partial charge on any atom is -0.460 e. The predicted octanol–water partition coefficient (Wildman–Crippen LogP) is 1.24. The van der Waals surface area contributed by atoms with Crippen LogP contribution < -0.4 is 0 Å². The van der Waals surface area contributed by atoms with Crippen LogP contribution in [-0.4, -0.2) is 34.0 Å². The van der Waals surface area contributed by atoms with E-state index in [-0.39, 0.29) is 12.8 Å². The summed E-state index contributed by atoms with van der Waals surface area (Å²) in [5, 5.41) is 18.7. The summed E-state index contributed by atoms with van der Waals surface area (Å²) < 4.78 is 5.04. The third-order valence-electron chi connectivity index (χ3n) is 1.84. The Labute approximate surface area is 91.3 Å². The molecule has 4 heteroatoms. The van der Waals surface area contributed by atoms with E-state index in [1.54, 1.807) is 20.8 Å². The molecule has 0 aromatic heterocycles. The molecule has 0 aliphatic rings. The third-order valence-corrected chi connectivity index (χ3v) is 1.84. The fourth-order valence-corrected chi connectivity index (χ4v) is 1.14. The molecule has 1 unspecified atom stereocenters. The lowest BCUT2D eigenvalue weighted by Crippen LogP contribution is -2.27. The molecule has 0 amide bonds. The molecule has 0 aromatic carbocycles. The van der Waals surface area contributed by atoms with E-state index < -0.39 is 23.8 Å². The first-order valence-electron chi connectivity index (χ1n) is 5.32. The molecule has 0 rings (SSSR count). The topological polar surface area (TPSA) is 66.8 Å². The summed E-state index contributed by atoms with van der Waals surface area (Å²) in [6.07, 6.45) is -0.646. The number of aliphatic hydroxyl groups excluding tert-OH is 2. The molecule has 15 heavy (non-hydrogen) atoms. The molecule has 0 spiro atoms. The van der Waals surface area contributed by atoms with Crippen molar-refractivity contribution in [2.24, 2.45) is 0 Å². The molecule has 2 N–H and O–H groups in total. The van der Waals surface area contributed by atoms with Crippen LogP contribution in [0.4, 0.5) is 0 Å². The lowest BCUT2D eigenvalue weighted by atomic mass is 10.1. The Bertz CT molecular complexity index is 195. The highest BCUT2D eigenvalue weighted by Gasteiger charge is 2.20. The van der Waals surface area contributed by atoms with Crippen LogP contribution >= 0.6 is 0 Å². The predicted molar refractivity (Wildman–Crippen MR) is 57.4 cm³/mol. The van der Waals surface area contributed by atoms with Gasteiger partial charge in [0, 0.05) is 0 Å². The van der Waals surface area contributed by atoms with E-state index in [0.29, 0.717) is 6.42 Å². The Balaban J connectivity index is 3.87. The van der Waals surface area contributed by atoms with Crippen molar-refractivity contribution in [2.45, 2.75) is 64.8 Å². The number of aliphatic hydroxyl groups is 2. The number of carbonyl (C=O) groups excluding carboxylic acids is 1. The number of rotatable bonds is 5. The minimum atomic E-state index is -0.824. The van der Waals surface area contributed by atoms with Crippen LogP contribution in [0.5, 0.6) is 0 Å². The van der Waals surface area contributed by atoms with Crippen molar-refractivity contribution < 1.29 is 19.7 Å². The summed E-state index contributed by atoms with van der Waals surface area (Å²) in [6, 6.07) is 0. The molecule has 0 saturated carbocycles. The maximum Gasteiger partial charge on any atom is 0.308 e. The van der Waals surface area contributed by atoms with Gasteiger partial charge in [-0.2, -0.15) is 0 Å². The summed E-state index contributed by atoms with van der Waals surface area (Å²) in [5.74, 6) is -0.432. The monoisotopic (exact) mass is 218 g/mol. The van der Waals surface area contributed by atoms with Crippen LogP contribution in [-0.2, 0) is 9.53 Å². The van der Waals surface area contributed by atoms with E-state index in [1.807, 2.05) is 6.92 Å². The first-order chi connectivity index (χ1) is 6.74.